The first-order valence-electron chi connectivity index (χ1n) is 12.2. The van der Waals surface area contributed by atoms with Crippen molar-refractivity contribution in [3.63, 3.8) is 0 Å². The molecule has 0 aromatic heterocycles. The van der Waals surface area contributed by atoms with E-state index in [-0.39, 0.29) is 6.10 Å². The molecular formula is C25H44O. The van der Waals surface area contributed by atoms with Crippen molar-refractivity contribution in [3.05, 3.63) is 0 Å². The summed E-state index contributed by atoms with van der Waals surface area (Å²) in [7, 11) is 0. The highest BCUT2D eigenvalue weighted by Crippen LogP contribution is 2.67. The Hall–Kier alpha value is -0.0400. The van der Waals surface area contributed by atoms with Gasteiger partial charge in [-0.1, -0.05) is 46.5 Å². The van der Waals surface area contributed by atoms with E-state index in [4.69, 9.17) is 0 Å². The van der Waals surface area contributed by atoms with E-state index in [2.05, 4.69) is 20.8 Å². The number of rotatable bonds is 5. The normalized spacial score (nSPS) is 50.8. The standard InChI is InChI=1S/C25H44O/c1-4-5-6-7-8-18-10-12-22-21-11-9-19-17-20(26)13-15-25(19,3)23(21)14-16-24(18,22)2/h18-23,26H,4-17H2,1-3H3. The summed E-state index contributed by atoms with van der Waals surface area (Å²) in [6.45, 7) is 7.65. The van der Waals surface area contributed by atoms with Gasteiger partial charge in [0.05, 0.1) is 6.10 Å². The summed E-state index contributed by atoms with van der Waals surface area (Å²) < 4.78 is 0. The minimum atomic E-state index is -0.00235. The Morgan fingerprint density at radius 3 is 2.38 bits per heavy atom. The lowest BCUT2D eigenvalue weighted by Crippen LogP contribution is -2.53. The summed E-state index contributed by atoms with van der Waals surface area (Å²) in [4.78, 5) is 0. The highest BCUT2D eigenvalue weighted by atomic mass is 16.3. The van der Waals surface area contributed by atoms with E-state index >= 15 is 0 Å². The van der Waals surface area contributed by atoms with Crippen molar-refractivity contribution >= 4 is 0 Å². The topological polar surface area (TPSA) is 20.2 Å². The lowest BCUT2D eigenvalue weighted by Gasteiger charge is -2.61. The van der Waals surface area contributed by atoms with Crippen LogP contribution < -0.4 is 0 Å². The fraction of sp³-hybridized carbons (Fsp3) is 1.00. The van der Waals surface area contributed by atoms with E-state index in [1.807, 2.05) is 0 Å². The second kappa shape index (κ2) is 7.41. The monoisotopic (exact) mass is 360 g/mol. The van der Waals surface area contributed by atoms with E-state index in [0.717, 1.165) is 42.4 Å². The van der Waals surface area contributed by atoms with Gasteiger partial charge in [-0.05, 0) is 105 Å². The first-order valence-corrected chi connectivity index (χ1v) is 12.2. The largest absolute Gasteiger partial charge is 0.393 e. The summed E-state index contributed by atoms with van der Waals surface area (Å²) in [5.41, 5.74) is 1.20. The minimum Gasteiger partial charge on any atom is -0.393 e. The number of hydrogen-bond acceptors (Lipinski definition) is 1. The van der Waals surface area contributed by atoms with Crippen molar-refractivity contribution in [2.45, 2.75) is 117 Å². The molecule has 0 aromatic rings. The van der Waals surface area contributed by atoms with Gasteiger partial charge < -0.3 is 5.11 Å². The summed E-state index contributed by atoms with van der Waals surface area (Å²) in [6.07, 6.45) is 19.6. The van der Waals surface area contributed by atoms with Gasteiger partial charge in [-0.3, -0.25) is 0 Å². The zero-order valence-corrected chi connectivity index (χ0v) is 17.8. The Morgan fingerprint density at radius 2 is 1.58 bits per heavy atom. The van der Waals surface area contributed by atoms with Crippen molar-refractivity contribution in [2.75, 3.05) is 0 Å². The zero-order chi connectivity index (χ0) is 18.4. The average molecular weight is 361 g/mol. The van der Waals surface area contributed by atoms with Gasteiger partial charge in [-0.25, -0.2) is 0 Å². The van der Waals surface area contributed by atoms with Crippen LogP contribution >= 0.6 is 0 Å². The summed E-state index contributed by atoms with van der Waals surface area (Å²) in [5.74, 6) is 4.81. The predicted molar refractivity (Wildman–Crippen MR) is 110 cm³/mol. The SMILES string of the molecule is CCCCCCC1CCC2C3CCC4CC(O)CCC4(C)C3CCC12C. The number of aliphatic hydroxyl groups excluding tert-OH is 1. The highest BCUT2D eigenvalue weighted by Gasteiger charge is 2.59. The van der Waals surface area contributed by atoms with Gasteiger partial charge in [0.2, 0.25) is 0 Å². The molecule has 4 rings (SSSR count). The Balaban J connectivity index is 1.46. The third kappa shape index (κ3) is 3.09. The van der Waals surface area contributed by atoms with Crippen molar-refractivity contribution in [2.24, 2.45) is 40.4 Å². The molecule has 1 N–H and O–H groups in total. The molecule has 0 amide bonds. The lowest BCUT2D eigenvalue weighted by molar-refractivity contribution is -0.127. The van der Waals surface area contributed by atoms with Crippen LogP contribution in [-0.2, 0) is 0 Å². The molecule has 4 fully saturated rings. The molecule has 0 bridgehead atoms. The first kappa shape index (κ1) is 19.3. The average Bonchev–Trinajstić information content (AvgIpc) is 2.96. The van der Waals surface area contributed by atoms with Crippen LogP contribution in [0.4, 0.5) is 0 Å². The second-order valence-corrected chi connectivity index (χ2v) is 11.3. The van der Waals surface area contributed by atoms with E-state index < -0.39 is 0 Å². The van der Waals surface area contributed by atoms with Crippen LogP contribution in [0.15, 0.2) is 0 Å². The summed E-state index contributed by atoms with van der Waals surface area (Å²) >= 11 is 0. The van der Waals surface area contributed by atoms with Crippen molar-refractivity contribution in [1.29, 1.82) is 0 Å². The van der Waals surface area contributed by atoms with Crippen LogP contribution in [0.25, 0.3) is 0 Å². The van der Waals surface area contributed by atoms with Crippen LogP contribution in [-0.4, -0.2) is 11.2 Å². The fourth-order valence-corrected chi connectivity index (χ4v) is 8.64. The van der Waals surface area contributed by atoms with Gasteiger partial charge in [-0.2, -0.15) is 0 Å². The first-order chi connectivity index (χ1) is 12.5. The molecule has 4 aliphatic carbocycles. The molecule has 8 unspecified atom stereocenters. The Morgan fingerprint density at radius 1 is 0.808 bits per heavy atom. The molecule has 150 valence electrons. The van der Waals surface area contributed by atoms with E-state index in [1.54, 1.807) is 0 Å². The third-order valence-electron chi connectivity index (χ3n) is 10.2. The molecule has 0 spiro atoms. The second-order valence-electron chi connectivity index (χ2n) is 11.3. The highest BCUT2D eigenvalue weighted by molar-refractivity contribution is 5.09. The van der Waals surface area contributed by atoms with Gasteiger partial charge in [0.25, 0.3) is 0 Å². The van der Waals surface area contributed by atoms with Crippen molar-refractivity contribution in [3.8, 4) is 0 Å². The van der Waals surface area contributed by atoms with Gasteiger partial charge in [-0.15, -0.1) is 0 Å². The molecule has 0 heterocycles. The molecule has 1 nitrogen and oxygen atoms in total. The zero-order valence-electron chi connectivity index (χ0n) is 17.8. The van der Waals surface area contributed by atoms with Crippen LogP contribution in [0.5, 0.6) is 0 Å². The quantitative estimate of drug-likeness (QED) is 0.524. The maximum Gasteiger partial charge on any atom is 0.0543 e. The molecule has 4 saturated carbocycles. The molecule has 0 aromatic carbocycles. The van der Waals surface area contributed by atoms with E-state index in [1.165, 1.54) is 77.0 Å². The number of fused-ring (bicyclic) bond motifs is 5. The number of hydrogen-bond donors (Lipinski definition) is 1. The number of aliphatic hydroxyl groups is 1. The minimum absolute atomic E-state index is 0.00235. The molecule has 4 aliphatic rings. The molecule has 0 radical (unpaired) electrons. The Labute approximate surface area is 162 Å². The molecule has 26 heavy (non-hydrogen) atoms. The smallest absolute Gasteiger partial charge is 0.0543 e. The predicted octanol–water partition coefficient (Wildman–Crippen LogP) is 6.98. The summed E-state index contributed by atoms with van der Waals surface area (Å²) in [5, 5.41) is 10.2. The van der Waals surface area contributed by atoms with Crippen molar-refractivity contribution in [1.82, 2.24) is 0 Å². The Kier molecular flexibility index (Phi) is 5.50. The lowest BCUT2D eigenvalue weighted by atomic mass is 9.44. The fourth-order valence-electron chi connectivity index (χ4n) is 8.64. The molecular weight excluding hydrogens is 316 g/mol. The van der Waals surface area contributed by atoms with E-state index in [0.29, 0.717) is 10.8 Å². The van der Waals surface area contributed by atoms with Gasteiger partial charge >= 0.3 is 0 Å². The van der Waals surface area contributed by atoms with Crippen LogP contribution in [0.3, 0.4) is 0 Å². The van der Waals surface area contributed by atoms with Crippen LogP contribution in [0.1, 0.15) is 111 Å². The molecule has 1 heteroatoms. The maximum absolute atomic E-state index is 10.2. The molecule has 8 atom stereocenters. The number of unbranched alkanes of at least 4 members (excludes halogenated alkanes) is 3. The maximum atomic E-state index is 10.2. The summed E-state index contributed by atoms with van der Waals surface area (Å²) in [6, 6.07) is 0. The van der Waals surface area contributed by atoms with Gasteiger partial charge in [0.1, 0.15) is 0 Å². The van der Waals surface area contributed by atoms with Crippen LogP contribution in [0, 0.1) is 40.4 Å². The molecule has 0 aliphatic heterocycles. The van der Waals surface area contributed by atoms with Gasteiger partial charge in [0.15, 0.2) is 0 Å². The Bertz CT molecular complexity index is 487. The van der Waals surface area contributed by atoms with E-state index in [9.17, 15) is 5.11 Å². The van der Waals surface area contributed by atoms with Crippen molar-refractivity contribution < 1.29 is 5.11 Å². The van der Waals surface area contributed by atoms with Crippen LogP contribution in [0.2, 0.25) is 0 Å². The third-order valence-corrected chi connectivity index (χ3v) is 10.2. The molecule has 0 saturated heterocycles. The van der Waals surface area contributed by atoms with Gasteiger partial charge in [0, 0.05) is 0 Å².